The molecule has 358 valence electrons. The van der Waals surface area contributed by atoms with E-state index in [1.165, 1.54) is 29.9 Å². The summed E-state index contributed by atoms with van der Waals surface area (Å²) in [5.74, 6) is -9.21. The average molecular weight is 992 g/mol. The Bertz CT molecular complexity index is 3430. The number of nitrogens with one attached hydrogen (secondary N) is 2. The molecule has 3 aliphatic rings. The third-order valence-electron chi connectivity index (χ3n) is 12.9. The lowest BCUT2D eigenvalue weighted by Gasteiger charge is -2.26. The van der Waals surface area contributed by atoms with Crippen molar-refractivity contribution in [1.29, 1.82) is 0 Å². The zero-order valence-corrected chi connectivity index (χ0v) is 38.2. The highest BCUT2D eigenvalue weighted by Crippen LogP contribution is 2.68. The van der Waals surface area contributed by atoms with E-state index < -0.39 is 87.7 Å². The highest BCUT2D eigenvalue weighted by Gasteiger charge is 2.67. The van der Waals surface area contributed by atoms with Crippen LogP contribution in [0, 0.1) is 17.6 Å². The third-order valence-corrected chi connectivity index (χ3v) is 13.8. The van der Waals surface area contributed by atoms with Crippen LogP contribution in [0.3, 0.4) is 0 Å². The molecule has 14 nitrogen and oxygen atoms in total. The first-order valence-corrected chi connectivity index (χ1v) is 24.2. The van der Waals surface area contributed by atoms with Crippen LogP contribution in [0.15, 0.2) is 77.6 Å². The molecule has 2 N–H and O–H groups in total. The maximum Gasteiger partial charge on any atom is 0.293 e. The van der Waals surface area contributed by atoms with Crippen molar-refractivity contribution >= 4 is 61.1 Å². The SMILES string of the molecule is Cn1nc(NS(C)(=O)=O)c2c(Cl)ccc(-n3c([C@H](Cc4cc(F)cc(F)c4)NC(=O)Cn4nc(C(F)F)c5c4C(F)(F)[C@@H]4C[C@H]54)nc4cc(-c5ccc(C(=O)N6CCCCC6)cc5)ccc4c3=O)c21. The van der Waals surface area contributed by atoms with Gasteiger partial charge in [0.2, 0.25) is 15.9 Å². The van der Waals surface area contributed by atoms with Crippen molar-refractivity contribution in [1.82, 2.24) is 39.3 Å². The summed E-state index contributed by atoms with van der Waals surface area (Å²) in [4.78, 5) is 49.5. The highest BCUT2D eigenvalue weighted by atomic mass is 35.5. The summed E-state index contributed by atoms with van der Waals surface area (Å²) < 4.78 is 120. The molecule has 3 atom stereocenters. The molecule has 0 unspecified atom stereocenters. The van der Waals surface area contributed by atoms with Gasteiger partial charge in [0.1, 0.15) is 35.4 Å². The molecule has 2 amide bonds. The van der Waals surface area contributed by atoms with Crippen LogP contribution in [0.25, 0.3) is 38.6 Å². The van der Waals surface area contributed by atoms with E-state index in [2.05, 4.69) is 20.2 Å². The number of benzene rings is 4. The summed E-state index contributed by atoms with van der Waals surface area (Å²) in [5, 5.41) is 10.9. The Morgan fingerprint density at radius 1 is 0.928 bits per heavy atom. The van der Waals surface area contributed by atoms with E-state index in [1.54, 1.807) is 41.3 Å². The van der Waals surface area contributed by atoms with Gasteiger partial charge in [0.15, 0.2) is 5.82 Å². The Morgan fingerprint density at radius 3 is 2.30 bits per heavy atom. The molecule has 7 aromatic rings. The summed E-state index contributed by atoms with van der Waals surface area (Å²) in [6.07, 6.45) is 0.0824. The number of aromatic nitrogens is 6. The Kier molecular flexibility index (Phi) is 11.4. The number of sulfonamides is 1. The van der Waals surface area contributed by atoms with Crippen molar-refractivity contribution in [3.63, 3.8) is 0 Å². The van der Waals surface area contributed by atoms with E-state index in [-0.39, 0.29) is 67.6 Å². The number of carbonyl (C=O) groups is 2. The molecule has 69 heavy (non-hydrogen) atoms. The summed E-state index contributed by atoms with van der Waals surface area (Å²) >= 11 is 6.67. The number of halogens is 7. The molecule has 1 saturated carbocycles. The Balaban J connectivity index is 1.14. The molecule has 1 aliphatic heterocycles. The van der Waals surface area contributed by atoms with Crippen molar-refractivity contribution < 1.29 is 44.3 Å². The maximum absolute atomic E-state index is 15.6. The van der Waals surface area contributed by atoms with E-state index in [0.717, 1.165) is 42.2 Å². The average Bonchev–Trinajstić information content (AvgIpc) is 3.84. The van der Waals surface area contributed by atoms with Crippen LogP contribution in [-0.2, 0) is 40.8 Å². The zero-order chi connectivity index (χ0) is 48.8. The van der Waals surface area contributed by atoms with Gasteiger partial charge in [-0.25, -0.2) is 31.0 Å². The topological polar surface area (TPSA) is 166 Å². The lowest BCUT2D eigenvalue weighted by atomic mass is 10.0. The lowest BCUT2D eigenvalue weighted by molar-refractivity contribution is -0.123. The summed E-state index contributed by atoms with van der Waals surface area (Å²) in [6, 6.07) is 15.5. The van der Waals surface area contributed by atoms with Gasteiger partial charge in [-0.1, -0.05) is 29.8 Å². The van der Waals surface area contributed by atoms with Gasteiger partial charge in [-0.15, -0.1) is 0 Å². The number of alkyl halides is 4. The van der Waals surface area contributed by atoms with Crippen molar-refractivity contribution in [3.8, 4) is 16.8 Å². The maximum atomic E-state index is 15.6. The number of amides is 2. The smallest absolute Gasteiger partial charge is 0.293 e. The fourth-order valence-corrected chi connectivity index (χ4v) is 10.6. The van der Waals surface area contributed by atoms with Crippen molar-refractivity contribution in [2.45, 2.75) is 63.0 Å². The minimum Gasteiger partial charge on any atom is -0.344 e. The second kappa shape index (κ2) is 17.0. The minimum absolute atomic E-state index is 0.00778. The van der Waals surface area contributed by atoms with Gasteiger partial charge >= 0.3 is 0 Å². The first kappa shape index (κ1) is 46.0. The second-order valence-electron chi connectivity index (χ2n) is 17.7. The van der Waals surface area contributed by atoms with Crippen LogP contribution in [0.1, 0.15) is 82.8 Å². The van der Waals surface area contributed by atoms with Gasteiger partial charge in [-0.05, 0) is 96.8 Å². The molecule has 4 heterocycles. The number of anilines is 1. The first-order valence-electron chi connectivity index (χ1n) is 21.9. The van der Waals surface area contributed by atoms with E-state index in [1.807, 2.05) is 0 Å². The Morgan fingerprint density at radius 2 is 1.62 bits per heavy atom. The molecule has 0 spiro atoms. The summed E-state index contributed by atoms with van der Waals surface area (Å²) in [5.41, 5.74) is -0.872. The molecule has 10 rings (SSSR count). The summed E-state index contributed by atoms with van der Waals surface area (Å²) in [7, 11) is -2.48. The minimum atomic E-state index is -3.93. The molecule has 0 radical (unpaired) electrons. The fraction of sp³-hybridized carbons (Fsp3) is 0.319. The van der Waals surface area contributed by atoms with Crippen LogP contribution < -0.4 is 15.6 Å². The largest absolute Gasteiger partial charge is 0.344 e. The number of rotatable bonds is 12. The van der Waals surface area contributed by atoms with Crippen LogP contribution in [0.4, 0.5) is 32.2 Å². The van der Waals surface area contributed by atoms with Gasteiger partial charge in [-0.2, -0.15) is 19.0 Å². The predicted octanol–water partition coefficient (Wildman–Crippen LogP) is 8.31. The number of hydrogen-bond acceptors (Lipinski definition) is 8. The number of piperidine rings is 1. The molecule has 22 heteroatoms. The third kappa shape index (κ3) is 8.38. The van der Waals surface area contributed by atoms with Crippen molar-refractivity contribution in [3.05, 3.63) is 134 Å². The highest BCUT2D eigenvalue weighted by molar-refractivity contribution is 7.92. The molecule has 2 fully saturated rings. The summed E-state index contributed by atoms with van der Waals surface area (Å²) in [6.45, 7) is 0.327. The number of aryl methyl sites for hydroxylation is 1. The molecule has 0 bridgehead atoms. The normalized spacial score (nSPS) is 17.9. The zero-order valence-electron chi connectivity index (χ0n) is 36.6. The van der Waals surface area contributed by atoms with E-state index in [9.17, 15) is 35.6 Å². The second-order valence-corrected chi connectivity index (χ2v) is 19.8. The van der Waals surface area contributed by atoms with E-state index >= 15 is 13.6 Å². The molecular weight excluding hydrogens is 952 g/mol. The van der Waals surface area contributed by atoms with Crippen molar-refractivity contribution in [2.75, 3.05) is 24.1 Å². The number of likely N-dealkylation sites (tertiary alicyclic amines) is 1. The molecular formula is C47H40ClF6N9O5S. The number of hydrogen-bond donors (Lipinski definition) is 2. The Hall–Kier alpha value is -6.74. The predicted molar refractivity (Wildman–Crippen MR) is 243 cm³/mol. The molecule has 3 aromatic heterocycles. The molecule has 2 aliphatic carbocycles. The van der Waals surface area contributed by atoms with Gasteiger partial charge in [-0.3, -0.25) is 33.0 Å². The quantitative estimate of drug-likeness (QED) is 0.115. The molecule has 4 aromatic carbocycles. The number of nitrogens with zero attached hydrogens (tertiary/aromatic N) is 7. The number of fused-ring (bicyclic) bond motifs is 5. The first-order chi connectivity index (χ1) is 32.8. The standard InChI is InChI=1S/C47H40ClF6N9O5S/c1-60-40-35(13-12-32(48)38(40)43(58-60)59-69(2,67)68)63-44(56-33-19-26(10-11-29(33)46(63)66)24-6-8-25(9-7-24)45(65)61-14-4-3-5-15-61)34(18-23-16-27(49)20-28(50)17-23)55-36(64)22-62-41-37(39(57-62)42(51)52)30-21-31(30)47(41,53)54/h6-13,16-17,19-20,30-31,34,42H,3-5,14-15,18,21-22H2,1-2H3,(H,55,64)(H,58,59)/t30-,31+,34-/m0/s1. The lowest BCUT2D eigenvalue weighted by Crippen LogP contribution is -2.38. The van der Waals surface area contributed by atoms with Gasteiger partial charge in [0.05, 0.1) is 44.8 Å². The van der Waals surface area contributed by atoms with E-state index in [0.29, 0.717) is 40.5 Å². The van der Waals surface area contributed by atoms with Crippen LogP contribution in [-0.4, -0.2) is 73.6 Å². The van der Waals surface area contributed by atoms with Crippen LogP contribution in [0.2, 0.25) is 5.02 Å². The van der Waals surface area contributed by atoms with Gasteiger partial charge < -0.3 is 10.2 Å². The van der Waals surface area contributed by atoms with Gasteiger partial charge in [0, 0.05) is 49.7 Å². The molecule has 1 saturated heterocycles. The van der Waals surface area contributed by atoms with Crippen molar-refractivity contribution in [2.24, 2.45) is 13.0 Å². The fourth-order valence-electron chi connectivity index (χ4n) is 9.84. The number of carbonyl (C=O) groups excluding carboxylic acids is 2. The van der Waals surface area contributed by atoms with Gasteiger partial charge in [0.25, 0.3) is 23.8 Å². The van der Waals surface area contributed by atoms with Crippen LogP contribution in [0.5, 0.6) is 0 Å². The van der Waals surface area contributed by atoms with Crippen LogP contribution >= 0.6 is 11.6 Å². The monoisotopic (exact) mass is 991 g/mol. The Labute approximate surface area is 393 Å². The van der Waals surface area contributed by atoms with E-state index in [4.69, 9.17) is 16.6 Å².